The number of likely N-dealkylation sites (N-methyl/N-ethyl adjacent to an activating group) is 1. The van der Waals surface area contributed by atoms with E-state index < -0.39 is 0 Å². The van der Waals surface area contributed by atoms with E-state index in [4.69, 9.17) is 9.26 Å². The first kappa shape index (κ1) is 12.9. The minimum atomic E-state index is 0.199. The Balaban J connectivity index is 2.56. The molecule has 0 radical (unpaired) electrons. The fraction of sp³-hybridized carbons (Fsp3) is 0.800. The molecule has 1 N–H and O–H groups in total. The van der Waals surface area contributed by atoms with Crippen LogP contribution in [0.25, 0.3) is 0 Å². The zero-order chi connectivity index (χ0) is 12.0. The molecule has 6 nitrogen and oxygen atoms in total. The molecule has 0 aliphatic heterocycles. The summed E-state index contributed by atoms with van der Waals surface area (Å²) in [6.07, 6.45) is 0.675. The highest BCUT2D eigenvalue weighted by Crippen LogP contribution is 2.08. The highest BCUT2D eigenvalue weighted by atomic mass is 16.5. The second kappa shape index (κ2) is 6.44. The number of nitrogens with one attached hydrogen (secondary N) is 1. The number of aromatic nitrogens is 2. The van der Waals surface area contributed by atoms with Gasteiger partial charge >= 0.3 is 0 Å². The highest BCUT2D eigenvalue weighted by Gasteiger charge is 2.14. The van der Waals surface area contributed by atoms with E-state index in [1.165, 1.54) is 0 Å². The minimum Gasteiger partial charge on any atom is -0.383 e. The summed E-state index contributed by atoms with van der Waals surface area (Å²) in [7, 11) is 5.49. The van der Waals surface area contributed by atoms with Crippen molar-refractivity contribution in [1.29, 1.82) is 0 Å². The van der Waals surface area contributed by atoms with E-state index in [9.17, 15) is 0 Å². The molecule has 16 heavy (non-hydrogen) atoms. The number of methoxy groups -OCH3 is 1. The van der Waals surface area contributed by atoms with Gasteiger partial charge in [-0.05, 0) is 19.1 Å². The number of rotatable bonds is 7. The predicted octanol–water partition coefficient (Wildman–Crippen LogP) is 0.303. The molecule has 0 aliphatic carbocycles. The Kier molecular flexibility index (Phi) is 5.21. The molecule has 0 saturated carbocycles. The molecule has 0 spiro atoms. The van der Waals surface area contributed by atoms with Crippen molar-refractivity contribution in [2.45, 2.75) is 19.4 Å². The molecule has 0 fully saturated rings. The molecule has 1 aromatic rings. The Bertz CT molecular complexity index is 303. The highest BCUT2D eigenvalue weighted by molar-refractivity contribution is 5.25. The monoisotopic (exact) mass is 228 g/mol. The van der Waals surface area contributed by atoms with Crippen LogP contribution in [0, 0.1) is 0 Å². The smallest absolute Gasteiger partial charge is 0.265 e. The van der Waals surface area contributed by atoms with Crippen LogP contribution in [0.15, 0.2) is 4.52 Å². The maximum atomic E-state index is 5.17. The average Bonchev–Trinajstić information content (AvgIpc) is 2.76. The maximum absolute atomic E-state index is 5.17. The normalized spacial score (nSPS) is 12.8. The SMILES string of the molecule is CCN(C)c1noc(CC(COC)NC)n1. The molecule has 0 aromatic carbocycles. The summed E-state index contributed by atoms with van der Waals surface area (Å²) >= 11 is 0. The first-order chi connectivity index (χ1) is 7.71. The van der Waals surface area contributed by atoms with Crippen molar-refractivity contribution >= 4 is 5.95 Å². The van der Waals surface area contributed by atoms with Crippen molar-refractivity contribution in [3.05, 3.63) is 5.89 Å². The molecule has 1 unspecified atom stereocenters. The molecule has 0 bridgehead atoms. The second-order valence-electron chi connectivity index (χ2n) is 3.65. The largest absolute Gasteiger partial charge is 0.383 e. The lowest BCUT2D eigenvalue weighted by Gasteiger charge is -2.12. The van der Waals surface area contributed by atoms with E-state index in [-0.39, 0.29) is 6.04 Å². The summed E-state index contributed by atoms with van der Waals surface area (Å²) < 4.78 is 10.2. The number of anilines is 1. The van der Waals surface area contributed by atoms with Crippen LogP contribution in [-0.2, 0) is 11.2 Å². The fourth-order valence-corrected chi connectivity index (χ4v) is 1.28. The molecule has 0 amide bonds. The Morgan fingerprint density at radius 2 is 2.31 bits per heavy atom. The van der Waals surface area contributed by atoms with E-state index in [0.717, 1.165) is 6.54 Å². The van der Waals surface area contributed by atoms with E-state index >= 15 is 0 Å². The second-order valence-corrected chi connectivity index (χ2v) is 3.65. The number of ether oxygens (including phenoxy) is 1. The summed E-state index contributed by atoms with van der Waals surface area (Å²) in [5, 5.41) is 7.04. The molecule has 1 atom stereocenters. The molecule has 1 rings (SSSR count). The molecule has 6 heteroatoms. The quantitative estimate of drug-likeness (QED) is 0.724. The first-order valence-corrected chi connectivity index (χ1v) is 5.41. The van der Waals surface area contributed by atoms with Crippen molar-refractivity contribution < 1.29 is 9.26 Å². The van der Waals surface area contributed by atoms with Gasteiger partial charge in [-0.3, -0.25) is 0 Å². The molecule has 0 aliphatic rings. The molecule has 1 heterocycles. The van der Waals surface area contributed by atoms with Crippen LogP contribution < -0.4 is 10.2 Å². The standard InChI is InChI=1S/C10H20N4O2/c1-5-14(3)10-12-9(16-13-10)6-8(11-2)7-15-4/h8,11H,5-7H2,1-4H3. The van der Waals surface area contributed by atoms with Gasteiger partial charge < -0.3 is 19.5 Å². The summed E-state index contributed by atoms with van der Waals surface area (Å²) in [6.45, 7) is 3.52. The Morgan fingerprint density at radius 3 is 2.88 bits per heavy atom. The van der Waals surface area contributed by atoms with E-state index in [1.807, 2.05) is 25.9 Å². The third kappa shape index (κ3) is 3.46. The van der Waals surface area contributed by atoms with Crippen LogP contribution in [0.5, 0.6) is 0 Å². The lowest BCUT2D eigenvalue weighted by molar-refractivity contribution is 0.165. The fourth-order valence-electron chi connectivity index (χ4n) is 1.28. The predicted molar refractivity (Wildman–Crippen MR) is 61.7 cm³/mol. The summed E-state index contributed by atoms with van der Waals surface area (Å²) in [6, 6.07) is 0.199. The number of hydrogen-bond acceptors (Lipinski definition) is 6. The van der Waals surface area contributed by atoms with Gasteiger partial charge in [0.15, 0.2) is 0 Å². The van der Waals surface area contributed by atoms with E-state index in [2.05, 4.69) is 15.5 Å². The lowest BCUT2D eigenvalue weighted by Crippen LogP contribution is -2.32. The Hall–Kier alpha value is -1.14. The molecular formula is C10H20N4O2. The lowest BCUT2D eigenvalue weighted by atomic mass is 10.2. The van der Waals surface area contributed by atoms with Crippen LogP contribution in [0.4, 0.5) is 5.95 Å². The zero-order valence-electron chi connectivity index (χ0n) is 10.4. The van der Waals surface area contributed by atoms with Crippen molar-refractivity contribution in [1.82, 2.24) is 15.5 Å². The molecule has 0 saturated heterocycles. The van der Waals surface area contributed by atoms with Crippen molar-refractivity contribution in [3.63, 3.8) is 0 Å². The van der Waals surface area contributed by atoms with Crippen LogP contribution in [0.1, 0.15) is 12.8 Å². The Labute approximate surface area is 96.0 Å². The van der Waals surface area contributed by atoms with Gasteiger partial charge in [0, 0.05) is 33.2 Å². The van der Waals surface area contributed by atoms with Crippen LogP contribution in [0.3, 0.4) is 0 Å². The minimum absolute atomic E-state index is 0.199. The maximum Gasteiger partial charge on any atom is 0.265 e. The van der Waals surface area contributed by atoms with Gasteiger partial charge in [0.25, 0.3) is 5.95 Å². The number of hydrogen-bond donors (Lipinski definition) is 1. The summed E-state index contributed by atoms with van der Waals surface area (Å²) in [5.74, 6) is 1.26. The van der Waals surface area contributed by atoms with Gasteiger partial charge in [-0.15, -0.1) is 0 Å². The van der Waals surface area contributed by atoms with Gasteiger partial charge in [-0.25, -0.2) is 0 Å². The van der Waals surface area contributed by atoms with E-state index in [1.54, 1.807) is 7.11 Å². The summed E-state index contributed by atoms with van der Waals surface area (Å²) in [5.41, 5.74) is 0. The van der Waals surface area contributed by atoms with Gasteiger partial charge in [-0.2, -0.15) is 4.98 Å². The van der Waals surface area contributed by atoms with Gasteiger partial charge in [-0.1, -0.05) is 0 Å². The third-order valence-corrected chi connectivity index (χ3v) is 2.47. The third-order valence-electron chi connectivity index (χ3n) is 2.47. The number of nitrogens with zero attached hydrogens (tertiary/aromatic N) is 3. The van der Waals surface area contributed by atoms with Gasteiger partial charge in [0.1, 0.15) is 0 Å². The molecule has 92 valence electrons. The van der Waals surface area contributed by atoms with Gasteiger partial charge in [0.2, 0.25) is 5.89 Å². The van der Waals surface area contributed by atoms with Crippen LogP contribution >= 0.6 is 0 Å². The van der Waals surface area contributed by atoms with Crippen molar-refractivity contribution in [2.24, 2.45) is 0 Å². The van der Waals surface area contributed by atoms with Gasteiger partial charge in [0.05, 0.1) is 6.61 Å². The van der Waals surface area contributed by atoms with Crippen LogP contribution in [-0.4, -0.2) is 50.5 Å². The average molecular weight is 228 g/mol. The van der Waals surface area contributed by atoms with Crippen molar-refractivity contribution in [3.8, 4) is 0 Å². The van der Waals surface area contributed by atoms with Crippen LogP contribution in [0.2, 0.25) is 0 Å². The molecule has 1 aromatic heterocycles. The zero-order valence-corrected chi connectivity index (χ0v) is 10.4. The first-order valence-electron chi connectivity index (χ1n) is 5.41. The summed E-state index contributed by atoms with van der Waals surface area (Å²) in [4.78, 5) is 6.23. The molecular weight excluding hydrogens is 208 g/mol. The van der Waals surface area contributed by atoms with E-state index in [0.29, 0.717) is 24.9 Å². The van der Waals surface area contributed by atoms with Crippen molar-refractivity contribution in [2.75, 3.05) is 39.3 Å². The Morgan fingerprint density at radius 1 is 1.56 bits per heavy atom. The topological polar surface area (TPSA) is 63.4 Å².